The Labute approximate surface area is 260 Å². The van der Waals surface area contributed by atoms with Gasteiger partial charge in [0.1, 0.15) is 12.2 Å². The highest BCUT2D eigenvalue weighted by molar-refractivity contribution is 5.96. The number of nitrogens with zero attached hydrogens (tertiary/aromatic N) is 1. The molecule has 0 spiro atoms. The van der Waals surface area contributed by atoms with Crippen LogP contribution in [0.2, 0.25) is 0 Å². The van der Waals surface area contributed by atoms with E-state index in [0.717, 1.165) is 62.7 Å². The summed E-state index contributed by atoms with van der Waals surface area (Å²) in [6.07, 6.45) is 12.2. The lowest BCUT2D eigenvalue weighted by molar-refractivity contribution is -0.146. The molecule has 1 heterocycles. The SMILES string of the molecule is COc1cc(CO)cc2c1OC1C2C(C(=O)NCCO)=CC(N(CC23CC4CC(CC(C4)C2)C3)C(=O)CC2CCCC2)C1O. The molecule has 5 fully saturated rings. The highest BCUT2D eigenvalue weighted by Crippen LogP contribution is 2.61. The van der Waals surface area contributed by atoms with E-state index < -0.39 is 24.2 Å². The van der Waals surface area contributed by atoms with Crippen molar-refractivity contribution in [1.82, 2.24) is 10.2 Å². The molecule has 7 aliphatic rings. The van der Waals surface area contributed by atoms with E-state index in [-0.39, 0.29) is 37.0 Å². The van der Waals surface area contributed by atoms with Gasteiger partial charge in [0.2, 0.25) is 11.8 Å². The van der Waals surface area contributed by atoms with Crippen LogP contribution >= 0.6 is 0 Å². The summed E-state index contributed by atoms with van der Waals surface area (Å²) < 4.78 is 12.1. The molecule has 4 N–H and O–H groups in total. The van der Waals surface area contributed by atoms with Crippen molar-refractivity contribution in [2.75, 3.05) is 26.8 Å². The number of carbonyl (C=O) groups excluding carboxylic acids is 2. The van der Waals surface area contributed by atoms with Crippen LogP contribution in [0, 0.1) is 29.1 Å². The second-order valence-corrected chi connectivity index (χ2v) is 14.8. The van der Waals surface area contributed by atoms with Gasteiger partial charge in [-0.05, 0) is 104 Å². The Morgan fingerprint density at radius 1 is 1.07 bits per heavy atom. The third-order valence-corrected chi connectivity index (χ3v) is 11.8. The van der Waals surface area contributed by atoms with E-state index in [1.807, 2.05) is 11.0 Å². The second-order valence-electron chi connectivity index (χ2n) is 14.8. The predicted molar refractivity (Wildman–Crippen MR) is 163 cm³/mol. The molecule has 1 aromatic rings. The highest BCUT2D eigenvalue weighted by atomic mass is 16.5. The zero-order valence-corrected chi connectivity index (χ0v) is 25.9. The Balaban J connectivity index is 1.28. The Hall–Kier alpha value is -2.62. The van der Waals surface area contributed by atoms with Crippen molar-refractivity contribution in [2.24, 2.45) is 29.1 Å². The van der Waals surface area contributed by atoms with E-state index in [1.165, 1.54) is 26.4 Å². The van der Waals surface area contributed by atoms with Gasteiger partial charge in [-0.15, -0.1) is 0 Å². The Morgan fingerprint density at radius 3 is 2.36 bits per heavy atom. The van der Waals surface area contributed by atoms with Crippen LogP contribution < -0.4 is 14.8 Å². The topological polar surface area (TPSA) is 129 Å². The highest BCUT2D eigenvalue weighted by Gasteiger charge is 2.55. The summed E-state index contributed by atoms with van der Waals surface area (Å²) in [5.74, 6) is 2.53. The summed E-state index contributed by atoms with van der Waals surface area (Å²) in [6.45, 7) is 0.281. The molecule has 4 bridgehead atoms. The van der Waals surface area contributed by atoms with Gasteiger partial charge in [0.25, 0.3) is 0 Å². The molecule has 1 aliphatic heterocycles. The number of benzene rings is 1. The maximum absolute atomic E-state index is 14.4. The van der Waals surface area contributed by atoms with E-state index in [2.05, 4.69) is 5.32 Å². The van der Waals surface area contributed by atoms with Crippen LogP contribution in [0.4, 0.5) is 0 Å². The number of nitrogens with one attached hydrogen (secondary N) is 1. The molecule has 2 amide bonds. The van der Waals surface area contributed by atoms with Crippen molar-refractivity contribution in [3.05, 3.63) is 34.9 Å². The number of aliphatic hydroxyl groups is 3. The quantitative estimate of drug-likeness (QED) is 0.320. The number of ether oxygens (including phenoxy) is 2. The molecule has 9 heteroatoms. The molecule has 0 saturated heterocycles. The van der Waals surface area contributed by atoms with Crippen LogP contribution in [0.1, 0.15) is 87.7 Å². The van der Waals surface area contributed by atoms with Gasteiger partial charge in [-0.2, -0.15) is 0 Å². The zero-order chi connectivity index (χ0) is 30.6. The minimum absolute atomic E-state index is 0.0581. The van der Waals surface area contributed by atoms with Gasteiger partial charge < -0.3 is 35.0 Å². The lowest BCUT2D eigenvalue weighted by Crippen LogP contribution is -2.60. The van der Waals surface area contributed by atoms with Gasteiger partial charge in [0.15, 0.2) is 11.5 Å². The molecule has 44 heavy (non-hydrogen) atoms. The number of amides is 2. The first-order valence-electron chi connectivity index (χ1n) is 16.9. The lowest BCUT2D eigenvalue weighted by atomic mass is 9.49. The largest absolute Gasteiger partial charge is 0.493 e. The smallest absolute Gasteiger partial charge is 0.247 e. The number of methoxy groups -OCH3 is 1. The first kappa shape index (κ1) is 30.1. The first-order chi connectivity index (χ1) is 21.3. The molecular weight excluding hydrogens is 560 g/mol. The van der Waals surface area contributed by atoms with Crippen LogP contribution in [0.15, 0.2) is 23.8 Å². The summed E-state index contributed by atoms with van der Waals surface area (Å²) in [6, 6.07) is 2.80. The Bertz CT molecular complexity index is 1270. The summed E-state index contributed by atoms with van der Waals surface area (Å²) in [4.78, 5) is 30.1. The van der Waals surface area contributed by atoms with E-state index in [4.69, 9.17) is 9.47 Å². The fraction of sp³-hybridized carbons (Fsp3) is 0.714. The molecule has 4 atom stereocenters. The number of aliphatic hydroxyl groups excluding tert-OH is 3. The molecular formula is C35H48N2O7. The standard InChI is InChI=1S/C35H48N2O7/c1-43-28-12-24(18-39)11-25-30-26(34(42)36-6-7-38)14-27(31(41)33(30)44-32(25)28)37(29(40)13-20-4-2-3-5-20)19-35-15-21-8-22(16-35)10-23(9-21)17-35/h11-12,14,20-23,27,30-31,33,38-39,41H,2-10,13,15-19H2,1H3,(H,36,42). The van der Waals surface area contributed by atoms with Gasteiger partial charge in [0, 0.05) is 30.6 Å². The van der Waals surface area contributed by atoms with Crippen molar-refractivity contribution in [3.8, 4) is 11.5 Å². The monoisotopic (exact) mass is 608 g/mol. The molecule has 4 unspecified atom stereocenters. The van der Waals surface area contributed by atoms with Crippen LogP contribution in [0.5, 0.6) is 11.5 Å². The summed E-state index contributed by atoms with van der Waals surface area (Å²) in [5, 5.41) is 34.4. The molecule has 0 radical (unpaired) electrons. The minimum atomic E-state index is -1.06. The Kier molecular flexibility index (Phi) is 8.17. The van der Waals surface area contributed by atoms with E-state index in [0.29, 0.717) is 47.1 Å². The fourth-order valence-electron chi connectivity index (χ4n) is 10.4. The van der Waals surface area contributed by atoms with Crippen LogP contribution in [-0.4, -0.2) is 77.1 Å². The van der Waals surface area contributed by atoms with Crippen LogP contribution in [0.3, 0.4) is 0 Å². The molecule has 9 nitrogen and oxygen atoms in total. The van der Waals surface area contributed by atoms with E-state index in [9.17, 15) is 24.9 Å². The van der Waals surface area contributed by atoms with Gasteiger partial charge in [0.05, 0.1) is 32.3 Å². The maximum atomic E-state index is 14.4. The average Bonchev–Trinajstić information content (AvgIpc) is 3.66. The van der Waals surface area contributed by atoms with Gasteiger partial charge in [-0.25, -0.2) is 0 Å². The minimum Gasteiger partial charge on any atom is -0.493 e. The summed E-state index contributed by atoms with van der Waals surface area (Å²) >= 11 is 0. The zero-order valence-electron chi connectivity index (χ0n) is 25.9. The van der Waals surface area contributed by atoms with E-state index >= 15 is 0 Å². The van der Waals surface area contributed by atoms with E-state index in [1.54, 1.807) is 12.1 Å². The Morgan fingerprint density at radius 2 is 1.75 bits per heavy atom. The van der Waals surface area contributed by atoms with Crippen molar-refractivity contribution >= 4 is 11.8 Å². The van der Waals surface area contributed by atoms with Crippen molar-refractivity contribution in [3.63, 3.8) is 0 Å². The number of carbonyl (C=O) groups is 2. The van der Waals surface area contributed by atoms with Crippen LogP contribution in [-0.2, 0) is 16.2 Å². The van der Waals surface area contributed by atoms with Gasteiger partial charge >= 0.3 is 0 Å². The number of hydrogen-bond acceptors (Lipinski definition) is 7. The molecule has 5 saturated carbocycles. The molecule has 0 aromatic heterocycles. The fourth-order valence-corrected chi connectivity index (χ4v) is 10.4. The number of rotatable bonds is 10. The first-order valence-corrected chi connectivity index (χ1v) is 16.9. The third kappa shape index (κ3) is 5.32. The second kappa shape index (κ2) is 12.0. The van der Waals surface area contributed by atoms with Crippen molar-refractivity contribution in [1.29, 1.82) is 0 Å². The van der Waals surface area contributed by atoms with Gasteiger partial charge in [-0.1, -0.05) is 12.8 Å². The molecule has 240 valence electrons. The molecule has 8 rings (SSSR count). The number of fused-ring (bicyclic) bond motifs is 3. The lowest BCUT2D eigenvalue weighted by Gasteiger charge is -2.58. The normalized spacial score (nSPS) is 35.1. The summed E-state index contributed by atoms with van der Waals surface area (Å²) in [5.41, 5.74) is 1.76. The number of hydrogen-bond donors (Lipinski definition) is 4. The third-order valence-electron chi connectivity index (χ3n) is 11.8. The summed E-state index contributed by atoms with van der Waals surface area (Å²) in [7, 11) is 1.53. The molecule has 1 aromatic carbocycles. The van der Waals surface area contributed by atoms with Crippen LogP contribution in [0.25, 0.3) is 0 Å². The average molecular weight is 609 g/mol. The molecule has 6 aliphatic carbocycles. The van der Waals surface area contributed by atoms with Gasteiger partial charge in [-0.3, -0.25) is 9.59 Å². The van der Waals surface area contributed by atoms with Crippen molar-refractivity contribution < 1.29 is 34.4 Å². The van der Waals surface area contributed by atoms with Crippen molar-refractivity contribution in [2.45, 2.75) is 101 Å². The maximum Gasteiger partial charge on any atom is 0.247 e. The predicted octanol–water partition coefficient (Wildman–Crippen LogP) is 3.44.